The minimum absolute atomic E-state index is 0.0813. The van der Waals surface area contributed by atoms with Crippen LogP contribution in [0.5, 0.6) is 0 Å². The van der Waals surface area contributed by atoms with Gasteiger partial charge in [0.25, 0.3) is 0 Å². The van der Waals surface area contributed by atoms with E-state index in [2.05, 4.69) is 23.9 Å². The Morgan fingerprint density at radius 3 is 2.44 bits per heavy atom. The van der Waals surface area contributed by atoms with E-state index < -0.39 is 5.54 Å². The maximum absolute atomic E-state index is 9.11. The second-order valence-corrected chi connectivity index (χ2v) is 6.46. The van der Waals surface area contributed by atoms with Gasteiger partial charge in [-0.3, -0.25) is 0 Å². The molecule has 1 heterocycles. The van der Waals surface area contributed by atoms with Gasteiger partial charge in [0.05, 0.1) is 6.61 Å². The van der Waals surface area contributed by atoms with Gasteiger partial charge in [0.1, 0.15) is 0 Å². The molecule has 1 rings (SSSR count). The highest BCUT2D eigenvalue weighted by molar-refractivity contribution is 4.79. The molecule has 1 aliphatic heterocycles. The monoisotopic (exact) mass is 257 g/mol. The molecule has 0 spiro atoms. The standard InChI is InChI=1S/C14H31N3O/c1-14(15,12-18)7-4-8-17-9-5-13(6-10-17)11-16(2)3/h13,18H,4-12,15H2,1-3H3. The summed E-state index contributed by atoms with van der Waals surface area (Å²) in [4.78, 5) is 4.83. The third-order valence-corrected chi connectivity index (χ3v) is 3.91. The van der Waals surface area contributed by atoms with Crippen molar-refractivity contribution in [1.82, 2.24) is 9.80 Å². The summed E-state index contributed by atoms with van der Waals surface area (Å²) >= 11 is 0. The van der Waals surface area contributed by atoms with E-state index in [1.54, 1.807) is 0 Å². The molecule has 0 saturated carbocycles. The number of likely N-dealkylation sites (tertiary alicyclic amines) is 1. The Balaban J connectivity index is 2.12. The Morgan fingerprint density at radius 2 is 1.94 bits per heavy atom. The average molecular weight is 257 g/mol. The third kappa shape index (κ3) is 6.14. The molecule has 108 valence electrons. The molecule has 1 atom stereocenters. The number of aliphatic hydroxyl groups is 1. The smallest absolute Gasteiger partial charge is 0.0608 e. The molecule has 0 bridgehead atoms. The van der Waals surface area contributed by atoms with Crippen molar-refractivity contribution in [3.05, 3.63) is 0 Å². The Hall–Kier alpha value is -0.160. The number of nitrogens with two attached hydrogens (primary N) is 1. The topological polar surface area (TPSA) is 52.7 Å². The van der Waals surface area contributed by atoms with E-state index in [1.807, 2.05) is 6.92 Å². The van der Waals surface area contributed by atoms with Gasteiger partial charge in [0.2, 0.25) is 0 Å². The van der Waals surface area contributed by atoms with Gasteiger partial charge in [-0.15, -0.1) is 0 Å². The lowest BCUT2D eigenvalue weighted by Crippen LogP contribution is -2.42. The number of nitrogens with zero attached hydrogens (tertiary/aromatic N) is 2. The quantitative estimate of drug-likeness (QED) is 0.707. The molecule has 0 aromatic heterocycles. The lowest BCUT2D eigenvalue weighted by Gasteiger charge is -2.33. The van der Waals surface area contributed by atoms with Crippen LogP contribution in [0.3, 0.4) is 0 Å². The Kier molecular flexibility index (Phi) is 6.57. The van der Waals surface area contributed by atoms with Crippen LogP contribution in [0.25, 0.3) is 0 Å². The van der Waals surface area contributed by atoms with Gasteiger partial charge in [-0.25, -0.2) is 0 Å². The molecule has 3 N–H and O–H groups in total. The Labute approximate surface area is 112 Å². The number of piperidine rings is 1. The fourth-order valence-corrected chi connectivity index (χ4v) is 2.69. The fourth-order valence-electron chi connectivity index (χ4n) is 2.69. The Morgan fingerprint density at radius 1 is 1.33 bits per heavy atom. The van der Waals surface area contributed by atoms with Crippen LogP contribution in [0, 0.1) is 5.92 Å². The summed E-state index contributed by atoms with van der Waals surface area (Å²) in [5.74, 6) is 0.869. The number of hydrogen-bond donors (Lipinski definition) is 2. The number of hydrogen-bond acceptors (Lipinski definition) is 4. The predicted molar refractivity (Wildman–Crippen MR) is 76.6 cm³/mol. The van der Waals surface area contributed by atoms with Crippen LogP contribution in [0.4, 0.5) is 0 Å². The molecule has 1 fully saturated rings. The van der Waals surface area contributed by atoms with Crippen molar-refractivity contribution in [3.63, 3.8) is 0 Å². The molecule has 18 heavy (non-hydrogen) atoms. The number of rotatable bonds is 7. The second-order valence-electron chi connectivity index (χ2n) is 6.46. The van der Waals surface area contributed by atoms with Gasteiger partial charge >= 0.3 is 0 Å². The summed E-state index contributed by atoms with van der Waals surface area (Å²) in [5.41, 5.74) is 5.53. The summed E-state index contributed by atoms with van der Waals surface area (Å²) < 4.78 is 0. The van der Waals surface area contributed by atoms with Crippen molar-refractivity contribution in [2.24, 2.45) is 11.7 Å². The first-order valence-electron chi connectivity index (χ1n) is 7.20. The molecule has 4 nitrogen and oxygen atoms in total. The minimum atomic E-state index is -0.400. The molecular weight excluding hydrogens is 226 g/mol. The van der Waals surface area contributed by atoms with Crippen LogP contribution >= 0.6 is 0 Å². The summed E-state index contributed by atoms with van der Waals surface area (Å²) in [6.45, 7) is 6.80. The fraction of sp³-hybridized carbons (Fsp3) is 1.00. The second kappa shape index (κ2) is 7.43. The molecule has 1 aliphatic rings. The molecule has 0 amide bonds. The lowest BCUT2D eigenvalue weighted by atomic mass is 9.95. The number of aliphatic hydroxyl groups excluding tert-OH is 1. The highest BCUT2D eigenvalue weighted by Gasteiger charge is 2.21. The zero-order valence-electron chi connectivity index (χ0n) is 12.4. The van der Waals surface area contributed by atoms with Crippen molar-refractivity contribution < 1.29 is 5.11 Å². The summed E-state index contributed by atoms with van der Waals surface area (Å²) in [6.07, 6.45) is 4.63. The molecule has 0 radical (unpaired) electrons. The first kappa shape index (κ1) is 15.9. The molecule has 0 aromatic rings. The van der Waals surface area contributed by atoms with Crippen LogP contribution in [-0.4, -0.2) is 67.3 Å². The van der Waals surface area contributed by atoms with Crippen LogP contribution in [-0.2, 0) is 0 Å². The van der Waals surface area contributed by atoms with Gasteiger partial charge in [-0.05, 0) is 72.3 Å². The van der Waals surface area contributed by atoms with E-state index in [1.165, 1.54) is 32.5 Å². The zero-order valence-corrected chi connectivity index (χ0v) is 12.4. The van der Waals surface area contributed by atoms with Crippen molar-refractivity contribution >= 4 is 0 Å². The molecular formula is C14H31N3O. The SMILES string of the molecule is CN(C)CC1CCN(CCCC(C)(N)CO)CC1. The van der Waals surface area contributed by atoms with Crippen molar-refractivity contribution in [1.29, 1.82) is 0 Å². The maximum Gasteiger partial charge on any atom is 0.0608 e. The van der Waals surface area contributed by atoms with Gasteiger partial charge in [-0.1, -0.05) is 0 Å². The van der Waals surface area contributed by atoms with Crippen LogP contribution in [0.2, 0.25) is 0 Å². The van der Waals surface area contributed by atoms with E-state index in [9.17, 15) is 0 Å². The molecule has 1 saturated heterocycles. The highest BCUT2D eigenvalue weighted by Crippen LogP contribution is 2.18. The van der Waals surface area contributed by atoms with E-state index >= 15 is 0 Å². The summed E-state index contributed by atoms with van der Waals surface area (Å²) in [5, 5.41) is 9.11. The predicted octanol–water partition coefficient (Wildman–Crippen LogP) is 0.750. The normalized spacial score (nSPS) is 22.3. The first-order chi connectivity index (χ1) is 8.43. The van der Waals surface area contributed by atoms with Gasteiger partial charge in [0.15, 0.2) is 0 Å². The average Bonchev–Trinajstić information content (AvgIpc) is 2.30. The summed E-state index contributed by atoms with van der Waals surface area (Å²) in [6, 6.07) is 0. The van der Waals surface area contributed by atoms with Crippen molar-refractivity contribution in [3.8, 4) is 0 Å². The molecule has 0 aromatic carbocycles. The summed E-state index contributed by atoms with van der Waals surface area (Å²) in [7, 11) is 4.31. The maximum atomic E-state index is 9.11. The van der Waals surface area contributed by atoms with Crippen LogP contribution in [0.1, 0.15) is 32.6 Å². The highest BCUT2D eigenvalue weighted by atomic mass is 16.3. The van der Waals surface area contributed by atoms with E-state index in [0.717, 1.165) is 25.3 Å². The van der Waals surface area contributed by atoms with Gasteiger partial charge in [-0.2, -0.15) is 0 Å². The molecule has 0 aliphatic carbocycles. The van der Waals surface area contributed by atoms with Crippen LogP contribution < -0.4 is 5.73 Å². The van der Waals surface area contributed by atoms with Crippen LogP contribution in [0.15, 0.2) is 0 Å². The zero-order chi connectivity index (χ0) is 13.6. The third-order valence-electron chi connectivity index (χ3n) is 3.91. The van der Waals surface area contributed by atoms with Crippen molar-refractivity contribution in [2.45, 2.75) is 38.1 Å². The van der Waals surface area contributed by atoms with E-state index in [-0.39, 0.29) is 6.61 Å². The first-order valence-corrected chi connectivity index (χ1v) is 7.20. The van der Waals surface area contributed by atoms with E-state index in [0.29, 0.717) is 0 Å². The van der Waals surface area contributed by atoms with E-state index in [4.69, 9.17) is 10.8 Å². The largest absolute Gasteiger partial charge is 0.394 e. The molecule has 4 heteroatoms. The minimum Gasteiger partial charge on any atom is -0.394 e. The molecule has 1 unspecified atom stereocenters. The van der Waals surface area contributed by atoms with Gasteiger partial charge < -0.3 is 20.6 Å². The Bertz CT molecular complexity index is 223. The van der Waals surface area contributed by atoms with Gasteiger partial charge in [0, 0.05) is 12.1 Å². The lowest BCUT2D eigenvalue weighted by molar-refractivity contribution is 0.150. The van der Waals surface area contributed by atoms with Crippen molar-refractivity contribution in [2.75, 3.05) is 46.9 Å².